The van der Waals surface area contributed by atoms with E-state index in [1.54, 1.807) is 7.11 Å². The molecule has 4 aromatic carbocycles. The normalized spacial score (nSPS) is 11.5. The molecule has 0 N–H and O–H groups in total. The molecule has 0 aliphatic carbocycles. The highest BCUT2D eigenvalue weighted by Crippen LogP contribution is 2.35. The number of nitrogens with zero attached hydrogens (tertiary/aromatic N) is 4. The van der Waals surface area contributed by atoms with E-state index in [1.807, 2.05) is 30.3 Å². The SMILES string of the molecule is COCCCn1c(S)nc2cccc(-c3nc4cc(C(=O)OC)ccc4n3CCC(c3ccccc3)c3ccccc3)c21. The first-order valence-corrected chi connectivity index (χ1v) is 14.9. The van der Waals surface area contributed by atoms with E-state index in [2.05, 4.69) is 75.9 Å². The Bertz CT molecular complexity index is 1830. The van der Waals surface area contributed by atoms with Gasteiger partial charge in [-0.05, 0) is 54.3 Å². The quantitative estimate of drug-likeness (QED) is 0.0968. The second-order valence-electron chi connectivity index (χ2n) is 10.5. The summed E-state index contributed by atoms with van der Waals surface area (Å²) in [6.45, 7) is 2.07. The maximum absolute atomic E-state index is 12.4. The number of hydrogen-bond donors (Lipinski definition) is 1. The van der Waals surface area contributed by atoms with Crippen LogP contribution in [0.2, 0.25) is 0 Å². The molecule has 2 aromatic heterocycles. The molecule has 0 atom stereocenters. The topological polar surface area (TPSA) is 71.2 Å². The molecule has 43 heavy (non-hydrogen) atoms. The van der Waals surface area contributed by atoms with Crippen molar-refractivity contribution in [1.82, 2.24) is 19.1 Å². The van der Waals surface area contributed by atoms with Crippen molar-refractivity contribution in [3.8, 4) is 11.4 Å². The van der Waals surface area contributed by atoms with E-state index in [-0.39, 0.29) is 11.9 Å². The smallest absolute Gasteiger partial charge is 0.337 e. The Labute approximate surface area is 256 Å². The summed E-state index contributed by atoms with van der Waals surface area (Å²) in [5.74, 6) is 0.634. The van der Waals surface area contributed by atoms with Gasteiger partial charge < -0.3 is 18.6 Å². The fraction of sp³-hybridized carbons (Fsp3) is 0.229. The zero-order chi connectivity index (χ0) is 29.8. The molecule has 2 heterocycles. The molecule has 0 saturated carbocycles. The highest BCUT2D eigenvalue weighted by atomic mass is 32.1. The summed E-state index contributed by atoms with van der Waals surface area (Å²) < 4.78 is 14.7. The van der Waals surface area contributed by atoms with Crippen LogP contribution in [-0.2, 0) is 22.6 Å². The van der Waals surface area contributed by atoms with E-state index in [0.29, 0.717) is 23.9 Å². The molecule has 0 aliphatic heterocycles. The van der Waals surface area contributed by atoms with Crippen molar-refractivity contribution in [2.24, 2.45) is 0 Å². The van der Waals surface area contributed by atoms with Crippen LogP contribution in [0.25, 0.3) is 33.5 Å². The molecule has 7 nitrogen and oxygen atoms in total. The molecular weight excluding hydrogens is 556 g/mol. The van der Waals surface area contributed by atoms with Crippen molar-refractivity contribution in [3.63, 3.8) is 0 Å². The summed E-state index contributed by atoms with van der Waals surface area (Å²) in [4.78, 5) is 22.3. The molecule has 0 fully saturated rings. The lowest BCUT2D eigenvalue weighted by Gasteiger charge is -2.20. The fourth-order valence-corrected chi connectivity index (χ4v) is 6.20. The van der Waals surface area contributed by atoms with Crippen LogP contribution >= 0.6 is 12.6 Å². The lowest BCUT2D eigenvalue weighted by molar-refractivity contribution is 0.0601. The summed E-state index contributed by atoms with van der Waals surface area (Å²) in [6.07, 6.45) is 1.69. The third-order valence-electron chi connectivity index (χ3n) is 7.93. The van der Waals surface area contributed by atoms with E-state index < -0.39 is 0 Å². The van der Waals surface area contributed by atoms with E-state index in [0.717, 1.165) is 52.8 Å². The molecule has 0 radical (unpaired) electrons. The molecule has 218 valence electrons. The van der Waals surface area contributed by atoms with Crippen molar-refractivity contribution in [1.29, 1.82) is 0 Å². The van der Waals surface area contributed by atoms with Gasteiger partial charge in [0.2, 0.25) is 0 Å². The predicted molar refractivity (Wildman–Crippen MR) is 173 cm³/mol. The molecule has 8 heteroatoms. The number of imidazole rings is 2. The molecule has 0 aliphatic rings. The van der Waals surface area contributed by atoms with Crippen LogP contribution in [0.4, 0.5) is 0 Å². The standard InChI is InChI=1S/C35H34N4O3S/c1-41-22-10-20-39-32-28(15-9-16-29(32)37-35(39)43)33-36-30-23-26(34(40)42-2)17-18-31(30)38(33)21-19-27(24-11-5-3-6-12-24)25-13-7-4-8-14-25/h3-9,11-18,23,27H,10,19-22H2,1-2H3,(H,37,43). The summed E-state index contributed by atoms with van der Waals surface area (Å²) in [7, 11) is 3.10. The lowest BCUT2D eigenvalue weighted by atomic mass is 9.88. The van der Waals surface area contributed by atoms with Gasteiger partial charge in [-0.1, -0.05) is 66.7 Å². The van der Waals surface area contributed by atoms with E-state index in [1.165, 1.54) is 18.2 Å². The molecule has 0 unspecified atom stereocenters. The number of fused-ring (bicyclic) bond motifs is 2. The van der Waals surface area contributed by atoms with Gasteiger partial charge >= 0.3 is 5.97 Å². The lowest BCUT2D eigenvalue weighted by Crippen LogP contribution is -2.09. The Balaban J connectivity index is 1.49. The zero-order valence-electron chi connectivity index (χ0n) is 24.3. The number of carbonyl (C=O) groups excluding carboxylic acids is 1. The maximum atomic E-state index is 12.4. The van der Waals surface area contributed by atoms with Crippen LogP contribution in [0.1, 0.15) is 40.2 Å². The largest absolute Gasteiger partial charge is 0.465 e. The minimum atomic E-state index is -0.385. The highest BCUT2D eigenvalue weighted by Gasteiger charge is 2.22. The molecule has 0 saturated heterocycles. The Hall–Kier alpha value is -4.40. The Morgan fingerprint density at radius 2 is 1.53 bits per heavy atom. The number of thiol groups is 1. The van der Waals surface area contributed by atoms with Gasteiger partial charge in [-0.3, -0.25) is 0 Å². The van der Waals surface area contributed by atoms with Crippen LogP contribution in [0.3, 0.4) is 0 Å². The van der Waals surface area contributed by atoms with Crippen molar-refractivity contribution in [2.75, 3.05) is 20.8 Å². The van der Waals surface area contributed by atoms with Gasteiger partial charge in [0.05, 0.1) is 34.7 Å². The van der Waals surface area contributed by atoms with Gasteiger partial charge in [0.1, 0.15) is 5.82 Å². The van der Waals surface area contributed by atoms with Gasteiger partial charge in [0, 0.05) is 38.3 Å². The second-order valence-corrected chi connectivity index (χ2v) is 10.9. The second kappa shape index (κ2) is 12.9. The van der Waals surface area contributed by atoms with Crippen LogP contribution < -0.4 is 0 Å². The number of aryl methyl sites for hydroxylation is 2. The number of rotatable bonds is 11. The summed E-state index contributed by atoms with van der Waals surface area (Å²) in [5.41, 5.74) is 7.51. The number of ether oxygens (including phenoxy) is 2. The van der Waals surface area contributed by atoms with Gasteiger partial charge in [0.15, 0.2) is 5.16 Å². The van der Waals surface area contributed by atoms with Gasteiger partial charge in [0.25, 0.3) is 0 Å². The third kappa shape index (κ3) is 5.81. The van der Waals surface area contributed by atoms with Crippen molar-refractivity contribution >= 4 is 40.7 Å². The maximum Gasteiger partial charge on any atom is 0.337 e. The van der Waals surface area contributed by atoms with Gasteiger partial charge in [-0.2, -0.15) is 0 Å². The molecule has 0 bridgehead atoms. The van der Waals surface area contributed by atoms with Gasteiger partial charge in [-0.15, -0.1) is 12.6 Å². The Morgan fingerprint density at radius 1 is 0.814 bits per heavy atom. The van der Waals surface area contributed by atoms with Crippen molar-refractivity contribution in [2.45, 2.75) is 37.0 Å². The molecule has 6 rings (SSSR count). The summed E-state index contributed by atoms with van der Waals surface area (Å²) in [5, 5.41) is 0.655. The van der Waals surface area contributed by atoms with Crippen LogP contribution in [0, 0.1) is 0 Å². The number of hydrogen-bond acceptors (Lipinski definition) is 6. The molecule has 0 spiro atoms. The average molecular weight is 591 g/mol. The zero-order valence-corrected chi connectivity index (χ0v) is 25.2. The van der Waals surface area contributed by atoms with E-state index in [4.69, 9.17) is 32.1 Å². The van der Waals surface area contributed by atoms with Crippen LogP contribution in [0.15, 0.2) is 102 Å². The predicted octanol–water partition coefficient (Wildman–Crippen LogP) is 7.39. The first-order valence-electron chi connectivity index (χ1n) is 14.4. The minimum absolute atomic E-state index is 0.196. The summed E-state index contributed by atoms with van der Waals surface area (Å²) >= 11 is 4.72. The fourth-order valence-electron chi connectivity index (χ4n) is 5.89. The van der Waals surface area contributed by atoms with Crippen molar-refractivity contribution in [3.05, 3.63) is 114 Å². The van der Waals surface area contributed by atoms with Crippen LogP contribution in [-0.4, -0.2) is 45.9 Å². The number of carbonyl (C=O) groups is 1. The number of para-hydroxylation sites is 1. The van der Waals surface area contributed by atoms with Crippen LogP contribution in [0.5, 0.6) is 0 Å². The number of esters is 1. The minimum Gasteiger partial charge on any atom is -0.465 e. The van der Waals surface area contributed by atoms with E-state index >= 15 is 0 Å². The number of aromatic nitrogens is 4. The first-order chi connectivity index (χ1) is 21.1. The van der Waals surface area contributed by atoms with Gasteiger partial charge in [-0.25, -0.2) is 14.8 Å². The highest BCUT2D eigenvalue weighted by molar-refractivity contribution is 7.80. The molecule has 6 aromatic rings. The average Bonchev–Trinajstić information content (AvgIpc) is 3.58. The first kappa shape index (κ1) is 28.7. The van der Waals surface area contributed by atoms with Crippen molar-refractivity contribution < 1.29 is 14.3 Å². The molecule has 0 amide bonds. The van der Waals surface area contributed by atoms with E-state index in [9.17, 15) is 4.79 Å². The Kier molecular flexibility index (Phi) is 8.58. The third-order valence-corrected chi connectivity index (χ3v) is 8.27. The monoisotopic (exact) mass is 590 g/mol. The number of benzene rings is 4. The summed E-state index contributed by atoms with van der Waals surface area (Å²) in [6, 6.07) is 33.0. The Morgan fingerprint density at radius 3 is 2.21 bits per heavy atom. The molecular formula is C35H34N4O3S. The number of methoxy groups -OCH3 is 2.